The highest BCUT2D eigenvalue weighted by molar-refractivity contribution is 7.22. The van der Waals surface area contributed by atoms with Gasteiger partial charge in [0.25, 0.3) is 0 Å². The van der Waals surface area contributed by atoms with Crippen molar-refractivity contribution in [1.82, 2.24) is 15.2 Å². The van der Waals surface area contributed by atoms with Crippen molar-refractivity contribution >= 4 is 26.7 Å². The Balaban J connectivity index is 1.57. The van der Waals surface area contributed by atoms with E-state index in [1.54, 1.807) is 23.6 Å². The number of thiazole rings is 1. The second-order valence-electron chi connectivity index (χ2n) is 5.16. The molecule has 0 spiro atoms. The summed E-state index contributed by atoms with van der Waals surface area (Å²) < 4.78 is 14.3. The maximum absolute atomic E-state index is 13.2. The maximum Gasteiger partial charge on any atom is 0.184 e. The van der Waals surface area contributed by atoms with Gasteiger partial charge in [-0.2, -0.15) is 5.10 Å². The Bertz CT molecular complexity index is 946. The van der Waals surface area contributed by atoms with Crippen LogP contribution in [0.5, 0.6) is 0 Å². The fourth-order valence-corrected chi connectivity index (χ4v) is 3.31. The Morgan fingerprint density at radius 3 is 2.91 bits per heavy atom. The van der Waals surface area contributed by atoms with E-state index < -0.39 is 0 Å². The molecular weight excluding hydrogens is 311 g/mol. The molecule has 0 unspecified atom stereocenters. The van der Waals surface area contributed by atoms with E-state index in [1.165, 1.54) is 12.1 Å². The molecule has 0 amide bonds. The van der Waals surface area contributed by atoms with E-state index in [0.717, 1.165) is 32.2 Å². The van der Waals surface area contributed by atoms with Crippen molar-refractivity contribution in [1.29, 1.82) is 0 Å². The quantitative estimate of drug-likeness (QED) is 0.583. The summed E-state index contributed by atoms with van der Waals surface area (Å²) in [6.45, 7) is 0.547. The lowest BCUT2D eigenvalue weighted by Gasteiger charge is -2.02. The number of anilines is 1. The Morgan fingerprint density at radius 1 is 1.13 bits per heavy atom. The lowest BCUT2D eigenvalue weighted by Crippen LogP contribution is -1.98. The van der Waals surface area contributed by atoms with Gasteiger partial charge in [-0.1, -0.05) is 29.5 Å². The molecule has 0 aliphatic rings. The molecule has 2 aromatic carbocycles. The number of hydrogen-bond acceptors (Lipinski definition) is 4. The SMILES string of the molecule is Fc1cccc(CNc2nc3ccc(-c4ccn[nH]4)cc3s2)c1. The minimum absolute atomic E-state index is 0.224. The number of aromatic nitrogens is 3. The van der Waals surface area contributed by atoms with Crippen LogP contribution in [0.1, 0.15) is 5.56 Å². The molecule has 23 heavy (non-hydrogen) atoms. The zero-order valence-corrected chi connectivity index (χ0v) is 12.9. The highest BCUT2D eigenvalue weighted by Crippen LogP contribution is 2.30. The summed E-state index contributed by atoms with van der Waals surface area (Å²) in [7, 11) is 0. The lowest BCUT2D eigenvalue weighted by atomic mass is 10.1. The standard InChI is InChI=1S/C17H13FN4S/c18-13-3-1-2-11(8-13)10-19-17-21-15-5-4-12(9-16(15)23-17)14-6-7-20-22-14/h1-9H,10H2,(H,19,21)(H,20,22). The predicted octanol–water partition coefficient (Wildman–Crippen LogP) is 4.44. The smallest absolute Gasteiger partial charge is 0.184 e. The highest BCUT2D eigenvalue weighted by Gasteiger charge is 2.06. The van der Waals surface area contributed by atoms with Crippen LogP contribution < -0.4 is 5.32 Å². The number of nitrogens with one attached hydrogen (secondary N) is 2. The van der Waals surface area contributed by atoms with Gasteiger partial charge in [0.2, 0.25) is 0 Å². The molecule has 2 N–H and O–H groups in total. The molecule has 0 aliphatic carbocycles. The van der Waals surface area contributed by atoms with E-state index in [1.807, 2.05) is 24.3 Å². The number of nitrogens with zero attached hydrogens (tertiary/aromatic N) is 2. The topological polar surface area (TPSA) is 53.6 Å². The summed E-state index contributed by atoms with van der Waals surface area (Å²) in [4.78, 5) is 4.56. The first-order valence-corrected chi connectivity index (χ1v) is 7.98. The normalized spacial score (nSPS) is 11.0. The molecule has 2 heterocycles. The Kier molecular flexibility index (Phi) is 3.51. The zero-order chi connectivity index (χ0) is 15.6. The van der Waals surface area contributed by atoms with E-state index in [4.69, 9.17) is 0 Å². The number of fused-ring (bicyclic) bond motifs is 1. The summed E-state index contributed by atoms with van der Waals surface area (Å²) in [5, 5.41) is 11.0. The van der Waals surface area contributed by atoms with E-state index in [-0.39, 0.29) is 5.82 Å². The van der Waals surface area contributed by atoms with Crippen LogP contribution in [0.2, 0.25) is 0 Å². The van der Waals surface area contributed by atoms with Crippen LogP contribution >= 0.6 is 11.3 Å². The van der Waals surface area contributed by atoms with E-state index in [2.05, 4.69) is 26.6 Å². The first kappa shape index (κ1) is 13.9. The average Bonchev–Trinajstić information content (AvgIpc) is 3.21. The summed E-state index contributed by atoms with van der Waals surface area (Å²) in [6, 6.07) is 14.6. The third-order valence-corrected chi connectivity index (χ3v) is 4.51. The first-order chi connectivity index (χ1) is 11.3. The molecule has 0 aliphatic heterocycles. The molecule has 0 radical (unpaired) electrons. The largest absolute Gasteiger partial charge is 0.357 e. The fourth-order valence-electron chi connectivity index (χ4n) is 2.41. The van der Waals surface area contributed by atoms with Gasteiger partial charge in [-0.15, -0.1) is 0 Å². The maximum atomic E-state index is 13.2. The van der Waals surface area contributed by atoms with Crippen LogP contribution in [-0.2, 0) is 6.54 Å². The van der Waals surface area contributed by atoms with Crippen molar-refractivity contribution in [2.75, 3.05) is 5.32 Å². The molecule has 4 nitrogen and oxygen atoms in total. The summed E-state index contributed by atoms with van der Waals surface area (Å²) in [5.41, 5.74) is 3.90. The predicted molar refractivity (Wildman–Crippen MR) is 90.9 cm³/mol. The molecule has 0 saturated heterocycles. The highest BCUT2D eigenvalue weighted by atomic mass is 32.1. The molecular formula is C17H13FN4S. The van der Waals surface area contributed by atoms with Crippen LogP contribution in [0.4, 0.5) is 9.52 Å². The van der Waals surface area contributed by atoms with Gasteiger partial charge in [-0.05, 0) is 35.9 Å². The van der Waals surface area contributed by atoms with E-state index in [0.29, 0.717) is 6.54 Å². The number of halogens is 1. The Morgan fingerprint density at radius 2 is 2.09 bits per heavy atom. The fraction of sp³-hybridized carbons (Fsp3) is 0.0588. The van der Waals surface area contributed by atoms with Crippen LogP contribution in [-0.4, -0.2) is 15.2 Å². The van der Waals surface area contributed by atoms with Gasteiger partial charge in [-0.25, -0.2) is 9.37 Å². The lowest BCUT2D eigenvalue weighted by molar-refractivity contribution is 0.626. The van der Waals surface area contributed by atoms with Crippen LogP contribution in [0, 0.1) is 5.82 Å². The third-order valence-electron chi connectivity index (χ3n) is 3.53. The minimum Gasteiger partial charge on any atom is -0.357 e. The van der Waals surface area contributed by atoms with Gasteiger partial charge in [0.05, 0.1) is 15.9 Å². The van der Waals surface area contributed by atoms with Crippen LogP contribution in [0.3, 0.4) is 0 Å². The second-order valence-corrected chi connectivity index (χ2v) is 6.19. The first-order valence-electron chi connectivity index (χ1n) is 7.16. The van der Waals surface area contributed by atoms with E-state index in [9.17, 15) is 4.39 Å². The third kappa shape index (κ3) is 2.93. The minimum atomic E-state index is -0.224. The van der Waals surface area contributed by atoms with Crippen molar-refractivity contribution in [2.45, 2.75) is 6.54 Å². The van der Waals surface area contributed by atoms with Gasteiger partial charge >= 0.3 is 0 Å². The van der Waals surface area contributed by atoms with Crippen LogP contribution in [0.25, 0.3) is 21.5 Å². The average molecular weight is 324 g/mol. The summed E-state index contributed by atoms with van der Waals surface area (Å²) >= 11 is 1.58. The van der Waals surface area contributed by atoms with E-state index >= 15 is 0 Å². The summed E-state index contributed by atoms with van der Waals surface area (Å²) in [5.74, 6) is -0.224. The van der Waals surface area contributed by atoms with Crippen molar-refractivity contribution in [3.63, 3.8) is 0 Å². The van der Waals surface area contributed by atoms with Crippen molar-refractivity contribution < 1.29 is 4.39 Å². The van der Waals surface area contributed by atoms with Gasteiger partial charge in [0.15, 0.2) is 5.13 Å². The molecule has 4 rings (SSSR count). The molecule has 2 aromatic heterocycles. The van der Waals surface area contributed by atoms with Gasteiger partial charge in [-0.3, -0.25) is 5.10 Å². The van der Waals surface area contributed by atoms with Crippen LogP contribution in [0.15, 0.2) is 54.7 Å². The number of hydrogen-bond donors (Lipinski definition) is 2. The number of H-pyrrole nitrogens is 1. The molecule has 114 valence electrons. The van der Waals surface area contributed by atoms with Gasteiger partial charge < -0.3 is 5.32 Å². The molecule has 6 heteroatoms. The van der Waals surface area contributed by atoms with Gasteiger partial charge in [0, 0.05) is 18.3 Å². The summed E-state index contributed by atoms with van der Waals surface area (Å²) in [6.07, 6.45) is 1.73. The molecule has 0 atom stereocenters. The Labute approximate surface area is 136 Å². The number of benzene rings is 2. The molecule has 0 saturated carbocycles. The molecule has 0 fully saturated rings. The number of aromatic amines is 1. The Hall–Kier alpha value is -2.73. The zero-order valence-electron chi connectivity index (χ0n) is 12.1. The van der Waals surface area contributed by atoms with Gasteiger partial charge in [0.1, 0.15) is 5.82 Å². The molecule has 4 aromatic rings. The monoisotopic (exact) mass is 324 g/mol. The number of rotatable bonds is 4. The van der Waals surface area contributed by atoms with Crippen molar-refractivity contribution in [3.05, 3.63) is 66.1 Å². The van der Waals surface area contributed by atoms with Crippen molar-refractivity contribution in [3.8, 4) is 11.3 Å². The second kappa shape index (κ2) is 5.81. The van der Waals surface area contributed by atoms with Crippen molar-refractivity contribution in [2.24, 2.45) is 0 Å². The molecule has 0 bridgehead atoms.